The lowest BCUT2D eigenvalue weighted by atomic mass is 9.97. The van der Waals surface area contributed by atoms with E-state index in [4.69, 9.17) is 9.47 Å². The van der Waals surface area contributed by atoms with E-state index < -0.39 is 0 Å². The molecule has 3 heterocycles. The maximum atomic E-state index is 12.9. The molecule has 0 bridgehead atoms. The van der Waals surface area contributed by atoms with Gasteiger partial charge in [0.25, 0.3) is 0 Å². The summed E-state index contributed by atoms with van der Waals surface area (Å²) in [5.74, 6) is 2.43. The lowest BCUT2D eigenvalue weighted by Crippen LogP contribution is -2.41. The second-order valence-electron chi connectivity index (χ2n) is 6.95. The number of piperidine rings is 1. The Morgan fingerprint density at radius 3 is 2.53 bits per heavy atom. The highest BCUT2D eigenvalue weighted by Gasteiger charge is 2.27. The average Bonchev–Trinajstić information content (AvgIpc) is 3.34. The zero-order valence-electron chi connectivity index (χ0n) is 16.9. The molecule has 3 aromatic rings. The van der Waals surface area contributed by atoms with Gasteiger partial charge in [0.15, 0.2) is 5.82 Å². The Kier molecular flexibility index (Phi) is 5.73. The summed E-state index contributed by atoms with van der Waals surface area (Å²) < 4.78 is 12.1. The van der Waals surface area contributed by atoms with Crippen LogP contribution in [0, 0.1) is 5.92 Å². The summed E-state index contributed by atoms with van der Waals surface area (Å²) in [5, 5.41) is 7.09. The molecule has 1 aliphatic heterocycles. The van der Waals surface area contributed by atoms with Gasteiger partial charge in [-0.25, -0.2) is 19.6 Å². The first kappa shape index (κ1) is 19.6. The predicted molar refractivity (Wildman–Crippen MR) is 110 cm³/mol. The minimum atomic E-state index is -0.166. The number of amides is 1. The number of aromatic nitrogens is 5. The third-order valence-corrected chi connectivity index (χ3v) is 5.03. The summed E-state index contributed by atoms with van der Waals surface area (Å²) in [6.07, 6.45) is 6.24. The molecule has 1 fully saturated rings. The van der Waals surface area contributed by atoms with Gasteiger partial charge >= 0.3 is 0 Å². The number of ether oxygens (including phenoxy) is 2. The molecule has 1 N–H and O–H groups in total. The van der Waals surface area contributed by atoms with Crippen LogP contribution < -0.4 is 19.7 Å². The van der Waals surface area contributed by atoms with Crippen LogP contribution in [0.15, 0.2) is 43.2 Å². The minimum absolute atomic E-state index is 0.0411. The maximum Gasteiger partial charge on any atom is 0.229 e. The van der Waals surface area contributed by atoms with Gasteiger partial charge in [-0.3, -0.25) is 4.79 Å². The lowest BCUT2D eigenvalue weighted by Gasteiger charge is -2.32. The molecule has 1 atom stereocenters. The van der Waals surface area contributed by atoms with Crippen molar-refractivity contribution in [2.75, 3.05) is 37.5 Å². The number of nitrogens with one attached hydrogen (secondary N) is 1. The average molecular weight is 409 g/mol. The van der Waals surface area contributed by atoms with Crippen LogP contribution in [0.3, 0.4) is 0 Å². The molecule has 0 radical (unpaired) electrons. The van der Waals surface area contributed by atoms with Crippen LogP contribution in [0.2, 0.25) is 0 Å². The van der Waals surface area contributed by atoms with Gasteiger partial charge in [-0.05, 0) is 12.8 Å². The monoisotopic (exact) mass is 409 g/mol. The first-order chi connectivity index (χ1) is 14.7. The van der Waals surface area contributed by atoms with Crippen LogP contribution in [0.4, 0.5) is 11.5 Å². The van der Waals surface area contributed by atoms with Crippen molar-refractivity contribution in [3.05, 3.63) is 43.2 Å². The molecule has 1 saturated heterocycles. The third-order valence-electron chi connectivity index (χ3n) is 5.03. The number of hydrogen-bond acceptors (Lipinski definition) is 8. The normalized spacial score (nSPS) is 16.2. The Balaban J connectivity index is 1.46. The van der Waals surface area contributed by atoms with E-state index in [1.165, 1.54) is 12.7 Å². The zero-order chi connectivity index (χ0) is 20.9. The Hall–Kier alpha value is -3.69. The second kappa shape index (κ2) is 8.76. The Morgan fingerprint density at radius 2 is 1.83 bits per heavy atom. The van der Waals surface area contributed by atoms with Gasteiger partial charge in [-0.2, -0.15) is 5.10 Å². The van der Waals surface area contributed by atoms with Crippen LogP contribution >= 0.6 is 0 Å². The molecule has 0 saturated carbocycles. The van der Waals surface area contributed by atoms with E-state index in [-0.39, 0.29) is 11.8 Å². The maximum absolute atomic E-state index is 12.9. The highest BCUT2D eigenvalue weighted by atomic mass is 16.5. The van der Waals surface area contributed by atoms with Crippen molar-refractivity contribution in [2.45, 2.75) is 12.8 Å². The van der Waals surface area contributed by atoms with E-state index in [2.05, 4.69) is 30.3 Å². The molecular weight excluding hydrogens is 386 g/mol. The zero-order valence-corrected chi connectivity index (χ0v) is 16.9. The number of benzene rings is 1. The largest absolute Gasteiger partial charge is 0.497 e. The van der Waals surface area contributed by atoms with Crippen LogP contribution in [-0.2, 0) is 4.79 Å². The molecule has 10 nitrogen and oxygen atoms in total. The van der Waals surface area contributed by atoms with E-state index in [0.717, 1.165) is 25.2 Å². The van der Waals surface area contributed by atoms with E-state index in [1.54, 1.807) is 43.4 Å². The molecule has 1 unspecified atom stereocenters. The summed E-state index contributed by atoms with van der Waals surface area (Å²) in [6, 6.07) is 7.16. The Labute approximate surface area is 173 Å². The van der Waals surface area contributed by atoms with Crippen molar-refractivity contribution in [2.24, 2.45) is 5.92 Å². The third kappa shape index (κ3) is 4.32. The number of carbonyl (C=O) groups is 1. The van der Waals surface area contributed by atoms with E-state index in [9.17, 15) is 4.79 Å². The topological polar surface area (TPSA) is 107 Å². The number of nitrogens with zero attached hydrogens (tertiary/aromatic N) is 6. The SMILES string of the molecule is COc1cc(NC(=O)C2CCCN(c3cc(-n4cncn4)ncn3)C2)cc(OC)c1. The van der Waals surface area contributed by atoms with Crippen LogP contribution in [-0.4, -0.2) is 57.9 Å². The highest BCUT2D eigenvalue weighted by molar-refractivity contribution is 5.93. The molecule has 1 aromatic carbocycles. The van der Waals surface area contributed by atoms with Crippen molar-refractivity contribution in [3.63, 3.8) is 0 Å². The molecule has 30 heavy (non-hydrogen) atoms. The molecule has 0 aliphatic carbocycles. The van der Waals surface area contributed by atoms with Crippen molar-refractivity contribution in [3.8, 4) is 17.3 Å². The number of anilines is 2. The van der Waals surface area contributed by atoms with Gasteiger partial charge in [0.05, 0.1) is 20.1 Å². The van der Waals surface area contributed by atoms with Gasteiger partial charge in [-0.1, -0.05) is 0 Å². The number of carbonyl (C=O) groups excluding carboxylic acids is 1. The molecule has 4 rings (SSSR count). The van der Waals surface area contributed by atoms with Crippen LogP contribution in [0.25, 0.3) is 5.82 Å². The number of rotatable bonds is 6. The molecule has 2 aromatic heterocycles. The van der Waals surface area contributed by atoms with Gasteiger partial charge in [0, 0.05) is 43.0 Å². The molecular formula is C20H23N7O3. The molecule has 156 valence electrons. The summed E-state index contributed by atoms with van der Waals surface area (Å²) in [4.78, 5) is 27.6. The Bertz CT molecular complexity index is 987. The molecule has 1 amide bonds. The number of methoxy groups -OCH3 is 2. The lowest BCUT2D eigenvalue weighted by molar-refractivity contribution is -0.120. The quantitative estimate of drug-likeness (QED) is 0.658. The van der Waals surface area contributed by atoms with E-state index in [1.807, 2.05) is 6.07 Å². The first-order valence-corrected chi connectivity index (χ1v) is 9.62. The Morgan fingerprint density at radius 1 is 1.07 bits per heavy atom. The van der Waals surface area contributed by atoms with E-state index in [0.29, 0.717) is 29.5 Å². The fourth-order valence-electron chi connectivity index (χ4n) is 3.49. The number of hydrogen-bond donors (Lipinski definition) is 1. The molecule has 1 aliphatic rings. The van der Waals surface area contributed by atoms with E-state index >= 15 is 0 Å². The summed E-state index contributed by atoms with van der Waals surface area (Å²) in [6.45, 7) is 1.39. The van der Waals surface area contributed by atoms with Crippen molar-refractivity contribution < 1.29 is 14.3 Å². The first-order valence-electron chi connectivity index (χ1n) is 9.62. The van der Waals surface area contributed by atoms with Crippen LogP contribution in [0.5, 0.6) is 11.5 Å². The fraction of sp³-hybridized carbons (Fsp3) is 0.350. The fourth-order valence-corrected chi connectivity index (χ4v) is 3.49. The summed E-state index contributed by atoms with van der Waals surface area (Å²) in [7, 11) is 3.16. The van der Waals surface area contributed by atoms with Crippen LogP contribution in [0.1, 0.15) is 12.8 Å². The van der Waals surface area contributed by atoms with Crippen molar-refractivity contribution in [1.82, 2.24) is 24.7 Å². The predicted octanol–water partition coefficient (Wildman–Crippen LogP) is 1.93. The van der Waals surface area contributed by atoms with Crippen molar-refractivity contribution >= 4 is 17.4 Å². The second-order valence-corrected chi connectivity index (χ2v) is 6.95. The van der Waals surface area contributed by atoms with Crippen molar-refractivity contribution in [1.29, 1.82) is 0 Å². The minimum Gasteiger partial charge on any atom is -0.497 e. The van der Waals surface area contributed by atoms with Gasteiger partial charge in [0.1, 0.15) is 36.3 Å². The summed E-state index contributed by atoms with van der Waals surface area (Å²) in [5.41, 5.74) is 0.642. The standard InChI is InChI=1S/C20H23N7O3/c1-29-16-6-15(7-17(8-16)30-2)25-20(28)14-4-3-5-26(10-14)18-9-19(23-12-22-18)27-13-21-11-24-27/h6-9,11-14H,3-5,10H2,1-2H3,(H,25,28). The van der Waals surface area contributed by atoms with Gasteiger partial charge in [-0.15, -0.1) is 0 Å². The highest BCUT2D eigenvalue weighted by Crippen LogP contribution is 2.28. The molecule has 10 heteroatoms. The summed E-state index contributed by atoms with van der Waals surface area (Å²) >= 11 is 0. The smallest absolute Gasteiger partial charge is 0.229 e. The van der Waals surface area contributed by atoms with Gasteiger partial charge < -0.3 is 19.7 Å². The van der Waals surface area contributed by atoms with Gasteiger partial charge in [0.2, 0.25) is 5.91 Å². The molecule has 0 spiro atoms.